The fourth-order valence-electron chi connectivity index (χ4n) is 4.62. The molecule has 35 heavy (non-hydrogen) atoms. The first-order valence-electron chi connectivity index (χ1n) is 12.3. The Morgan fingerprint density at radius 2 is 1.71 bits per heavy atom. The highest BCUT2D eigenvalue weighted by atomic mass is 15.3. The third-order valence-electron chi connectivity index (χ3n) is 6.42. The van der Waals surface area contributed by atoms with E-state index in [0.717, 1.165) is 32.7 Å². The Balaban J connectivity index is 1.53. The summed E-state index contributed by atoms with van der Waals surface area (Å²) in [7, 11) is 2.19. The summed E-state index contributed by atoms with van der Waals surface area (Å²) in [4.78, 5) is 15.9. The highest BCUT2D eigenvalue weighted by Crippen LogP contribution is 2.28. The van der Waals surface area contributed by atoms with Gasteiger partial charge in [-0.15, -0.1) is 0 Å². The molecular formula is C29H36N6. The van der Waals surface area contributed by atoms with Gasteiger partial charge in [0.25, 0.3) is 0 Å². The maximum absolute atomic E-state index is 9.28. The molecule has 0 spiro atoms. The Labute approximate surface area is 209 Å². The number of piperazine rings is 1. The third kappa shape index (κ3) is 6.37. The fourth-order valence-corrected chi connectivity index (χ4v) is 4.62. The van der Waals surface area contributed by atoms with Gasteiger partial charge in [-0.25, -0.2) is 9.97 Å². The van der Waals surface area contributed by atoms with Gasteiger partial charge in [-0.3, -0.25) is 0 Å². The molecule has 6 heteroatoms. The molecule has 2 heterocycles. The summed E-state index contributed by atoms with van der Waals surface area (Å²) in [6, 6.07) is 19.4. The van der Waals surface area contributed by atoms with Gasteiger partial charge in [-0.05, 0) is 59.8 Å². The lowest BCUT2D eigenvalue weighted by Gasteiger charge is -2.34. The molecule has 0 saturated carbocycles. The molecule has 0 bridgehead atoms. The summed E-state index contributed by atoms with van der Waals surface area (Å²) in [5, 5.41) is 9.28. The SMILES string of the molecule is Cc1cc(CN(CC(C)(C)C)c2nccc(C#N)n2)ccc1-c1ccc(N2CCN(C)CC2)cc1. The lowest BCUT2D eigenvalue weighted by molar-refractivity contribution is 0.313. The van der Waals surface area contributed by atoms with Crippen LogP contribution in [0, 0.1) is 23.7 Å². The van der Waals surface area contributed by atoms with Crippen molar-refractivity contribution >= 4 is 11.6 Å². The van der Waals surface area contributed by atoms with Crippen molar-refractivity contribution in [2.24, 2.45) is 5.41 Å². The molecule has 0 radical (unpaired) electrons. The zero-order valence-electron chi connectivity index (χ0n) is 21.6. The monoisotopic (exact) mass is 468 g/mol. The van der Waals surface area contributed by atoms with Crippen molar-refractivity contribution in [2.75, 3.05) is 49.6 Å². The maximum atomic E-state index is 9.28. The van der Waals surface area contributed by atoms with E-state index in [2.05, 4.69) is 108 Å². The number of anilines is 2. The van der Waals surface area contributed by atoms with E-state index in [9.17, 15) is 5.26 Å². The second kappa shape index (κ2) is 10.5. The molecule has 3 aromatic rings. The number of nitrogens with zero attached hydrogens (tertiary/aromatic N) is 6. The van der Waals surface area contributed by atoms with Gasteiger partial charge in [0.2, 0.25) is 5.95 Å². The molecule has 6 nitrogen and oxygen atoms in total. The average molecular weight is 469 g/mol. The molecule has 1 aliphatic heterocycles. The van der Waals surface area contributed by atoms with Crippen LogP contribution in [0.2, 0.25) is 0 Å². The van der Waals surface area contributed by atoms with Gasteiger partial charge >= 0.3 is 0 Å². The number of hydrogen-bond donors (Lipinski definition) is 0. The summed E-state index contributed by atoms with van der Waals surface area (Å²) in [5.74, 6) is 0.597. The summed E-state index contributed by atoms with van der Waals surface area (Å²) in [6.07, 6.45) is 1.66. The van der Waals surface area contributed by atoms with Crippen LogP contribution in [0.1, 0.15) is 37.6 Å². The second-order valence-electron chi connectivity index (χ2n) is 10.8. The first kappa shape index (κ1) is 24.7. The van der Waals surface area contributed by atoms with Gasteiger partial charge < -0.3 is 14.7 Å². The predicted octanol–water partition coefficient (Wildman–Crippen LogP) is 5.13. The molecule has 1 saturated heterocycles. The Hall–Kier alpha value is -3.43. The van der Waals surface area contributed by atoms with Crippen LogP contribution in [-0.4, -0.2) is 54.6 Å². The minimum Gasteiger partial charge on any atom is -0.369 e. The van der Waals surface area contributed by atoms with E-state index >= 15 is 0 Å². The van der Waals surface area contributed by atoms with Crippen LogP contribution in [0.25, 0.3) is 11.1 Å². The van der Waals surface area contributed by atoms with Crippen molar-refractivity contribution < 1.29 is 0 Å². The normalized spacial score (nSPS) is 14.6. The summed E-state index contributed by atoms with van der Waals surface area (Å²) in [6.45, 7) is 14.6. The molecule has 0 amide bonds. The van der Waals surface area contributed by atoms with E-state index in [0.29, 0.717) is 18.2 Å². The number of hydrogen-bond acceptors (Lipinski definition) is 6. The van der Waals surface area contributed by atoms with Gasteiger partial charge in [0.05, 0.1) is 0 Å². The number of likely N-dealkylation sites (N-methyl/N-ethyl adjacent to an activating group) is 1. The lowest BCUT2D eigenvalue weighted by atomic mass is 9.95. The molecule has 1 fully saturated rings. The van der Waals surface area contributed by atoms with E-state index in [1.807, 2.05) is 0 Å². The molecule has 0 atom stereocenters. The van der Waals surface area contributed by atoms with Crippen molar-refractivity contribution in [1.82, 2.24) is 14.9 Å². The standard InChI is InChI=1S/C29H36N6/c1-22-18-23(20-35(21-29(2,3)4)28-31-13-12-25(19-30)32-28)6-11-27(22)24-7-9-26(10-8-24)34-16-14-33(5)15-17-34/h6-13,18H,14-17,20-21H2,1-5H3. The van der Waals surface area contributed by atoms with Crippen LogP contribution in [0.5, 0.6) is 0 Å². The fraction of sp³-hybridized carbons (Fsp3) is 0.414. The van der Waals surface area contributed by atoms with Crippen LogP contribution in [0.3, 0.4) is 0 Å². The summed E-state index contributed by atoms with van der Waals surface area (Å²) < 4.78 is 0. The summed E-state index contributed by atoms with van der Waals surface area (Å²) in [5.41, 5.74) is 6.70. The maximum Gasteiger partial charge on any atom is 0.226 e. The highest BCUT2D eigenvalue weighted by Gasteiger charge is 2.20. The van der Waals surface area contributed by atoms with Crippen molar-refractivity contribution in [1.29, 1.82) is 5.26 Å². The lowest BCUT2D eigenvalue weighted by Crippen LogP contribution is -2.44. The molecule has 2 aromatic carbocycles. The first-order valence-corrected chi connectivity index (χ1v) is 12.3. The predicted molar refractivity (Wildman–Crippen MR) is 144 cm³/mol. The topological polar surface area (TPSA) is 59.3 Å². The number of nitriles is 1. The largest absolute Gasteiger partial charge is 0.369 e. The molecule has 0 aliphatic carbocycles. The van der Waals surface area contributed by atoms with Gasteiger partial charge in [0.15, 0.2) is 0 Å². The smallest absolute Gasteiger partial charge is 0.226 e. The molecule has 4 rings (SSSR count). The quantitative estimate of drug-likeness (QED) is 0.500. The second-order valence-corrected chi connectivity index (χ2v) is 10.8. The van der Waals surface area contributed by atoms with Crippen LogP contribution >= 0.6 is 0 Å². The van der Waals surface area contributed by atoms with E-state index in [1.165, 1.54) is 27.9 Å². The Bertz CT molecular complexity index is 1180. The Morgan fingerprint density at radius 3 is 2.34 bits per heavy atom. The minimum atomic E-state index is 0.0620. The van der Waals surface area contributed by atoms with Crippen LogP contribution in [-0.2, 0) is 6.54 Å². The van der Waals surface area contributed by atoms with Crippen molar-refractivity contribution in [3.63, 3.8) is 0 Å². The number of aromatic nitrogens is 2. The number of benzene rings is 2. The van der Waals surface area contributed by atoms with Gasteiger partial charge in [0, 0.05) is 51.2 Å². The third-order valence-corrected chi connectivity index (χ3v) is 6.42. The molecule has 1 aromatic heterocycles. The summed E-state index contributed by atoms with van der Waals surface area (Å²) >= 11 is 0. The van der Waals surface area contributed by atoms with Crippen LogP contribution in [0.4, 0.5) is 11.6 Å². The van der Waals surface area contributed by atoms with Gasteiger partial charge in [-0.1, -0.05) is 51.1 Å². The van der Waals surface area contributed by atoms with Crippen molar-refractivity contribution in [3.8, 4) is 17.2 Å². The molecular weight excluding hydrogens is 432 g/mol. The molecule has 1 aliphatic rings. The van der Waals surface area contributed by atoms with Crippen LogP contribution in [0.15, 0.2) is 54.7 Å². The van der Waals surface area contributed by atoms with Crippen LogP contribution < -0.4 is 9.80 Å². The number of rotatable bonds is 6. The van der Waals surface area contributed by atoms with Crippen molar-refractivity contribution in [2.45, 2.75) is 34.2 Å². The molecule has 182 valence electrons. The van der Waals surface area contributed by atoms with E-state index in [-0.39, 0.29) is 5.41 Å². The van der Waals surface area contributed by atoms with Crippen molar-refractivity contribution in [3.05, 3.63) is 71.5 Å². The first-order chi connectivity index (χ1) is 16.7. The zero-order chi connectivity index (χ0) is 25.0. The van der Waals surface area contributed by atoms with Gasteiger partial charge in [0.1, 0.15) is 11.8 Å². The highest BCUT2D eigenvalue weighted by molar-refractivity contribution is 5.70. The van der Waals surface area contributed by atoms with E-state index < -0.39 is 0 Å². The number of aryl methyl sites for hydroxylation is 1. The van der Waals surface area contributed by atoms with E-state index in [1.54, 1.807) is 12.3 Å². The molecule has 0 unspecified atom stereocenters. The zero-order valence-corrected chi connectivity index (χ0v) is 21.6. The Kier molecular flexibility index (Phi) is 7.37. The Morgan fingerprint density at radius 1 is 1.00 bits per heavy atom. The van der Waals surface area contributed by atoms with E-state index in [4.69, 9.17) is 0 Å². The minimum absolute atomic E-state index is 0.0620. The molecule has 0 N–H and O–H groups in total. The average Bonchev–Trinajstić information content (AvgIpc) is 2.84. The van der Waals surface area contributed by atoms with Gasteiger partial charge in [-0.2, -0.15) is 5.26 Å².